The lowest BCUT2D eigenvalue weighted by molar-refractivity contribution is -0.274. The highest BCUT2D eigenvalue weighted by atomic mass is 32.2. The number of thioether (sulfide) groups is 1. The summed E-state index contributed by atoms with van der Waals surface area (Å²) in [4.78, 5) is 11.6. The minimum absolute atomic E-state index is 0.246. The van der Waals surface area contributed by atoms with Crippen LogP contribution in [-0.2, 0) is 5.75 Å². The van der Waals surface area contributed by atoms with Crippen molar-refractivity contribution in [2.75, 3.05) is 7.11 Å². The van der Waals surface area contributed by atoms with Gasteiger partial charge in [-0.2, -0.15) is 0 Å². The van der Waals surface area contributed by atoms with Crippen molar-refractivity contribution in [1.29, 1.82) is 0 Å². The summed E-state index contributed by atoms with van der Waals surface area (Å²) in [6.07, 6.45) is -4.87. The zero-order chi connectivity index (χ0) is 17.7. The quantitative estimate of drug-likeness (QED) is 0.766. The molecule has 2 aromatic carbocycles. The molecule has 0 aliphatic rings. The Kier molecular flexibility index (Phi) is 5.61. The normalized spacial score (nSPS) is 11.2. The number of ether oxygens (including phenoxy) is 2. The van der Waals surface area contributed by atoms with Crippen LogP contribution in [0.25, 0.3) is 0 Å². The maximum Gasteiger partial charge on any atom is 0.573 e. The number of aromatic carboxylic acids is 1. The van der Waals surface area contributed by atoms with Gasteiger partial charge in [0.1, 0.15) is 11.5 Å². The number of carbonyl (C=O) groups is 1. The number of benzene rings is 2. The molecule has 0 atom stereocenters. The predicted octanol–water partition coefficient (Wildman–Crippen LogP) is 4.58. The molecule has 2 rings (SSSR count). The summed E-state index contributed by atoms with van der Waals surface area (Å²) >= 11 is 1.20. The van der Waals surface area contributed by atoms with Crippen LogP contribution in [0.1, 0.15) is 15.9 Å². The lowest BCUT2D eigenvalue weighted by Crippen LogP contribution is -2.17. The van der Waals surface area contributed by atoms with Gasteiger partial charge in [0.15, 0.2) is 0 Å². The van der Waals surface area contributed by atoms with Crippen molar-refractivity contribution in [2.24, 2.45) is 0 Å². The fourth-order valence-electron chi connectivity index (χ4n) is 1.92. The first-order chi connectivity index (χ1) is 11.3. The Balaban J connectivity index is 2.18. The molecule has 0 bridgehead atoms. The van der Waals surface area contributed by atoms with Gasteiger partial charge in [-0.05, 0) is 35.9 Å². The molecule has 0 amide bonds. The summed E-state index contributed by atoms with van der Waals surface area (Å²) < 4.78 is 45.5. The lowest BCUT2D eigenvalue weighted by atomic mass is 10.2. The molecule has 128 valence electrons. The van der Waals surface area contributed by atoms with Gasteiger partial charge >= 0.3 is 12.3 Å². The van der Waals surface area contributed by atoms with Gasteiger partial charge in [-0.1, -0.05) is 12.1 Å². The zero-order valence-electron chi connectivity index (χ0n) is 12.5. The molecule has 0 fully saturated rings. The second kappa shape index (κ2) is 7.48. The maximum absolute atomic E-state index is 12.2. The number of methoxy groups -OCH3 is 1. The van der Waals surface area contributed by atoms with Gasteiger partial charge in [0, 0.05) is 10.6 Å². The third-order valence-electron chi connectivity index (χ3n) is 2.94. The Morgan fingerprint density at radius 2 is 1.92 bits per heavy atom. The molecule has 0 unspecified atom stereocenters. The summed E-state index contributed by atoms with van der Waals surface area (Å²) in [5.74, 6) is -0.779. The summed E-state index contributed by atoms with van der Waals surface area (Å²) in [6.45, 7) is 0. The van der Waals surface area contributed by atoms with E-state index in [0.29, 0.717) is 16.4 Å². The van der Waals surface area contributed by atoms with Crippen molar-refractivity contribution in [3.8, 4) is 11.5 Å². The average molecular weight is 358 g/mol. The van der Waals surface area contributed by atoms with Crippen LogP contribution in [0.15, 0.2) is 47.4 Å². The maximum atomic E-state index is 12.2. The van der Waals surface area contributed by atoms with Crippen LogP contribution in [0, 0.1) is 0 Å². The molecule has 0 radical (unpaired) electrons. The second-order valence-electron chi connectivity index (χ2n) is 4.65. The van der Waals surface area contributed by atoms with E-state index in [9.17, 15) is 23.1 Å². The lowest BCUT2D eigenvalue weighted by Gasteiger charge is -2.12. The van der Waals surface area contributed by atoms with Crippen molar-refractivity contribution in [3.63, 3.8) is 0 Å². The number of rotatable bonds is 6. The van der Waals surface area contributed by atoms with Gasteiger partial charge < -0.3 is 14.6 Å². The standard InChI is InChI=1S/C16H13F3O4S/c1-22-11-4-2-3-10(7-11)9-24-14-6-5-12(23-16(17,18)19)8-13(14)15(20)21/h2-8H,9H2,1H3,(H,20,21). The van der Waals surface area contributed by atoms with Crippen LogP contribution in [0.3, 0.4) is 0 Å². The number of halogens is 3. The molecule has 1 N–H and O–H groups in total. The van der Waals surface area contributed by atoms with Gasteiger partial charge in [-0.25, -0.2) is 4.79 Å². The van der Waals surface area contributed by atoms with E-state index in [4.69, 9.17) is 4.74 Å². The fraction of sp³-hybridized carbons (Fsp3) is 0.188. The molecule has 4 nitrogen and oxygen atoms in total. The third kappa shape index (κ3) is 5.09. The topological polar surface area (TPSA) is 55.8 Å². The smallest absolute Gasteiger partial charge is 0.497 e. The van der Waals surface area contributed by atoms with Gasteiger partial charge in [0.2, 0.25) is 0 Å². The minimum Gasteiger partial charge on any atom is -0.497 e. The van der Waals surface area contributed by atoms with E-state index in [1.807, 2.05) is 6.07 Å². The van der Waals surface area contributed by atoms with E-state index in [0.717, 1.165) is 17.7 Å². The van der Waals surface area contributed by atoms with Gasteiger partial charge in [0.25, 0.3) is 0 Å². The Morgan fingerprint density at radius 1 is 1.17 bits per heavy atom. The fourth-order valence-corrected chi connectivity index (χ4v) is 2.89. The van der Waals surface area contributed by atoms with Crippen molar-refractivity contribution in [3.05, 3.63) is 53.6 Å². The van der Waals surface area contributed by atoms with Crippen molar-refractivity contribution in [2.45, 2.75) is 17.0 Å². The van der Waals surface area contributed by atoms with E-state index in [1.54, 1.807) is 18.2 Å². The van der Waals surface area contributed by atoms with Crippen molar-refractivity contribution in [1.82, 2.24) is 0 Å². The average Bonchev–Trinajstić information content (AvgIpc) is 2.52. The van der Waals surface area contributed by atoms with E-state index < -0.39 is 18.1 Å². The van der Waals surface area contributed by atoms with Crippen LogP contribution >= 0.6 is 11.8 Å². The Hall–Kier alpha value is -2.35. The highest BCUT2D eigenvalue weighted by Crippen LogP contribution is 2.32. The molecule has 8 heteroatoms. The van der Waals surface area contributed by atoms with Crippen LogP contribution < -0.4 is 9.47 Å². The predicted molar refractivity (Wildman–Crippen MR) is 82.6 cm³/mol. The van der Waals surface area contributed by atoms with Crippen LogP contribution in [-0.4, -0.2) is 24.5 Å². The largest absolute Gasteiger partial charge is 0.573 e. The summed E-state index contributed by atoms with van der Waals surface area (Å²) in [7, 11) is 1.54. The summed E-state index contributed by atoms with van der Waals surface area (Å²) in [6, 6.07) is 10.5. The van der Waals surface area contributed by atoms with E-state index in [2.05, 4.69) is 4.74 Å². The van der Waals surface area contributed by atoms with Crippen LogP contribution in [0.5, 0.6) is 11.5 Å². The minimum atomic E-state index is -4.87. The van der Waals surface area contributed by atoms with Crippen molar-refractivity contribution < 1.29 is 32.5 Å². The molecule has 0 aliphatic carbocycles. The molecule has 0 spiro atoms. The molecule has 0 saturated heterocycles. The second-order valence-corrected chi connectivity index (χ2v) is 5.67. The number of hydrogen-bond donors (Lipinski definition) is 1. The molecule has 2 aromatic rings. The monoisotopic (exact) mass is 358 g/mol. The van der Waals surface area contributed by atoms with Gasteiger partial charge in [0.05, 0.1) is 12.7 Å². The first kappa shape index (κ1) is 18.0. The number of alkyl halides is 3. The zero-order valence-corrected chi connectivity index (χ0v) is 13.3. The number of carboxylic acid groups (broad SMARTS) is 1. The third-order valence-corrected chi connectivity index (χ3v) is 4.09. The molecule has 0 aliphatic heterocycles. The molecule has 0 aromatic heterocycles. The SMILES string of the molecule is COc1cccc(CSc2ccc(OC(F)(F)F)cc2C(=O)O)c1. The summed E-state index contributed by atoms with van der Waals surface area (Å²) in [5.41, 5.74) is 0.649. The first-order valence-corrected chi connectivity index (χ1v) is 7.66. The molecule has 0 saturated carbocycles. The molecular formula is C16H13F3O4S. The summed E-state index contributed by atoms with van der Waals surface area (Å²) in [5, 5.41) is 9.20. The van der Waals surface area contributed by atoms with Crippen LogP contribution in [0.4, 0.5) is 13.2 Å². The van der Waals surface area contributed by atoms with Crippen molar-refractivity contribution >= 4 is 17.7 Å². The molecule has 0 heterocycles. The Labute approximate surface area is 140 Å². The van der Waals surface area contributed by atoms with Gasteiger partial charge in [-0.15, -0.1) is 24.9 Å². The van der Waals surface area contributed by atoms with E-state index >= 15 is 0 Å². The Bertz CT molecular complexity index is 732. The number of hydrogen-bond acceptors (Lipinski definition) is 4. The van der Waals surface area contributed by atoms with Gasteiger partial charge in [-0.3, -0.25) is 0 Å². The Morgan fingerprint density at radius 3 is 2.54 bits per heavy atom. The number of carboxylic acids is 1. The van der Waals surface area contributed by atoms with E-state index in [-0.39, 0.29) is 5.56 Å². The van der Waals surface area contributed by atoms with E-state index in [1.165, 1.54) is 24.9 Å². The molecular weight excluding hydrogens is 345 g/mol. The van der Waals surface area contributed by atoms with Crippen LogP contribution in [0.2, 0.25) is 0 Å². The molecule has 24 heavy (non-hydrogen) atoms. The highest BCUT2D eigenvalue weighted by molar-refractivity contribution is 7.98. The highest BCUT2D eigenvalue weighted by Gasteiger charge is 2.31. The first-order valence-electron chi connectivity index (χ1n) is 6.67.